The van der Waals surface area contributed by atoms with Crippen LogP contribution in [0.25, 0.3) is 0 Å². The van der Waals surface area contributed by atoms with Crippen molar-refractivity contribution in [3.05, 3.63) is 0 Å². The largest absolute Gasteiger partial charge is 0.351 e. The maximum Gasteiger partial charge on any atom is 0.223 e. The van der Waals surface area contributed by atoms with Crippen LogP contribution in [-0.4, -0.2) is 24.5 Å². The lowest BCUT2D eigenvalue weighted by Gasteiger charge is -2.27. The van der Waals surface area contributed by atoms with E-state index in [4.69, 9.17) is 0 Å². The van der Waals surface area contributed by atoms with E-state index >= 15 is 0 Å². The number of carbonyl (C=O) groups is 1. The first-order chi connectivity index (χ1) is 7.05. The van der Waals surface area contributed by atoms with Crippen molar-refractivity contribution >= 4 is 5.91 Å². The van der Waals surface area contributed by atoms with Gasteiger partial charge in [-0.05, 0) is 52.6 Å². The minimum absolute atomic E-state index is 0.0587. The van der Waals surface area contributed by atoms with Gasteiger partial charge in [-0.3, -0.25) is 4.79 Å². The Bertz CT molecular complexity index is 206. The smallest absolute Gasteiger partial charge is 0.223 e. The van der Waals surface area contributed by atoms with Gasteiger partial charge in [-0.25, -0.2) is 0 Å². The Morgan fingerprint density at radius 1 is 1.40 bits per heavy atom. The van der Waals surface area contributed by atoms with Crippen LogP contribution in [0.15, 0.2) is 0 Å². The molecule has 1 amide bonds. The van der Waals surface area contributed by atoms with Gasteiger partial charge < -0.3 is 10.6 Å². The molecule has 0 spiro atoms. The highest BCUT2D eigenvalue weighted by Gasteiger charge is 2.24. The number of rotatable bonds is 3. The van der Waals surface area contributed by atoms with E-state index < -0.39 is 0 Å². The van der Waals surface area contributed by atoms with Crippen molar-refractivity contribution in [3.8, 4) is 0 Å². The summed E-state index contributed by atoms with van der Waals surface area (Å²) in [6.45, 7) is 8.31. The molecular formula is C12H24N2O. The summed E-state index contributed by atoms with van der Waals surface area (Å²) in [7, 11) is 0. The highest BCUT2D eigenvalue weighted by atomic mass is 16.2. The van der Waals surface area contributed by atoms with E-state index in [9.17, 15) is 4.79 Å². The van der Waals surface area contributed by atoms with E-state index in [-0.39, 0.29) is 17.4 Å². The fourth-order valence-corrected chi connectivity index (χ4v) is 1.81. The summed E-state index contributed by atoms with van der Waals surface area (Å²) in [5.41, 5.74) is -0.0587. The zero-order chi connectivity index (χ0) is 11.3. The number of carbonyl (C=O) groups excluding carboxylic acids is 1. The zero-order valence-corrected chi connectivity index (χ0v) is 10.2. The molecule has 1 aliphatic rings. The van der Waals surface area contributed by atoms with Gasteiger partial charge in [-0.1, -0.05) is 6.92 Å². The van der Waals surface area contributed by atoms with E-state index in [1.54, 1.807) is 0 Å². The first-order valence-corrected chi connectivity index (χ1v) is 6.08. The van der Waals surface area contributed by atoms with Crippen molar-refractivity contribution in [2.24, 2.45) is 5.92 Å². The van der Waals surface area contributed by atoms with Crippen molar-refractivity contribution in [3.63, 3.8) is 0 Å². The van der Waals surface area contributed by atoms with E-state index in [1.165, 1.54) is 0 Å². The van der Waals surface area contributed by atoms with Crippen LogP contribution in [0.5, 0.6) is 0 Å². The zero-order valence-electron chi connectivity index (χ0n) is 10.2. The lowest BCUT2D eigenvalue weighted by Crippen LogP contribution is -2.45. The summed E-state index contributed by atoms with van der Waals surface area (Å²) in [4.78, 5) is 12.0. The molecule has 3 nitrogen and oxygen atoms in total. The molecule has 2 N–H and O–H groups in total. The molecule has 1 heterocycles. The third-order valence-electron chi connectivity index (χ3n) is 3.29. The quantitative estimate of drug-likeness (QED) is 0.747. The van der Waals surface area contributed by atoms with Crippen LogP contribution in [0, 0.1) is 5.92 Å². The van der Waals surface area contributed by atoms with Crippen molar-refractivity contribution in [2.45, 2.75) is 52.0 Å². The predicted molar refractivity (Wildman–Crippen MR) is 62.7 cm³/mol. The number of amides is 1. The van der Waals surface area contributed by atoms with Crippen LogP contribution in [0.3, 0.4) is 0 Å². The van der Waals surface area contributed by atoms with Crippen molar-refractivity contribution in [2.75, 3.05) is 13.1 Å². The molecule has 0 aromatic heterocycles. The third kappa shape index (κ3) is 4.20. The summed E-state index contributed by atoms with van der Waals surface area (Å²) in [5.74, 6) is 0.455. The van der Waals surface area contributed by atoms with Crippen LogP contribution < -0.4 is 10.6 Å². The van der Waals surface area contributed by atoms with Gasteiger partial charge in [0.25, 0.3) is 0 Å². The van der Waals surface area contributed by atoms with Gasteiger partial charge in [0, 0.05) is 11.5 Å². The standard InChI is InChI=1S/C12H24N2O/c1-4-12(2,3)14-11(15)10-6-5-8-13-9-7-10/h10,13H,4-9H2,1-3H3,(H,14,15). The van der Waals surface area contributed by atoms with Crippen LogP contribution in [-0.2, 0) is 4.79 Å². The Labute approximate surface area is 93.0 Å². The Hall–Kier alpha value is -0.570. The van der Waals surface area contributed by atoms with Crippen LogP contribution in [0.4, 0.5) is 0 Å². The maximum absolute atomic E-state index is 12.0. The number of hydrogen-bond donors (Lipinski definition) is 2. The number of nitrogens with one attached hydrogen (secondary N) is 2. The summed E-state index contributed by atoms with van der Waals surface area (Å²) in [6, 6.07) is 0. The lowest BCUT2D eigenvalue weighted by molar-refractivity contribution is -0.127. The molecule has 15 heavy (non-hydrogen) atoms. The van der Waals surface area contributed by atoms with Gasteiger partial charge >= 0.3 is 0 Å². The highest BCUT2D eigenvalue weighted by molar-refractivity contribution is 5.79. The molecule has 1 saturated heterocycles. The monoisotopic (exact) mass is 212 g/mol. The predicted octanol–water partition coefficient (Wildman–Crippen LogP) is 1.68. The van der Waals surface area contributed by atoms with E-state index in [0.717, 1.165) is 38.8 Å². The molecule has 0 aromatic rings. The molecule has 88 valence electrons. The normalized spacial score (nSPS) is 23.3. The fraction of sp³-hybridized carbons (Fsp3) is 0.917. The average Bonchev–Trinajstić information content (AvgIpc) is 2.45. The number of hydrogen-bond acceptors (Lipinski definition) is 2. The molecular weight excluding hydrogens is 188 g/mol. The third-order valence-corrected chi connectivity index (χ3v) is 3.29. The molecule has 1 unspecified atom stereocenters. The molecule has 1 atom stereocenters. The molecule has 1 fully saturated rings. The topological polar surface area (TPSA) is 41.1 Å². The molecule has 1 aliphatic heterocycles. The second-order valence-electron chi connectivity index (χ2n) is 5.10. The lowest BCUT2D eigenvalue weighted by atomic mass is 9.96. The Morgan fingerprint density at radius 3 is 2.80 bits per heavy atom. The SMILES string of the molecule is CCC(C)(C)NC(=O)C1CCCNCC1. The van der Waals surface area contributed by atoms with E-state index in [0.29, 0.717) is 0 Å². The van der Waals surface area contributed by atoms with Gasteiger partial charge in [0.1, 0.15) is 0 Å². The van der Waals surface area contributed by atoms with Crippen LogP contribution in [0.1, 0.15) is 46.5 Å². The molecule has 3 heteroatoms. The second-order valence-corrected chi connectivity index (χ2v) is 5.10. The highest BCUT2D eigenvalue weighted by Crippen LogP contribution is 2.16. The minimum Gasteiger partial charge on any atom is -0.351 e. The second kappa shape index (κ2) is 5.50. The van der Waals surface area contributed by atoms with E-state index in [2.05, 4.69) is 31.4 Å². The molecule has 1 rings (SSSR count). The maximum atomic E-state index is 12.0. The molecule has 0 radical (unpaired) electrons. The van der Waals surface area contributed by atoms with Crippen molar-refractivity contribution < 1.29 is 4.79 Å². The van der Waals surface area contributed by atoms with Crippen LogP contribution in [0.2, 0.25) is 0 Å². The van der Waals surface area contributed by atoms with Gasteiger partial charge in [0.05, 0.1) is 0 Å². The van der Waals surface area contributed by atoms with Crippen molar-refractivity contribution in [1.29, 1.82) is 0 Å². The van der Waals surface area contributed by atoms with Crippen molar-refractivity contribution in [1.82, 2.24) is 10.6 Å². The summed E-state index contributed by atoms with van der Waals surface area (Å²) in [5, 5.41) is 6.47. The van der Waals surface area contributed by atoms with Crippen LogP contribution >= 0.6 is 0 Å². The summed E-state index contributed by atoms with van der Waals surface area (Å²) < 4.78 is 0. The average molecular weight is 212 g/mol. The van der Waals surface area contributed by atoms with E-state index in [1.807, 2.05) is 0 Å². The molecule has 0 bridgehead atoms. The van der Waals surface area contributed by atoms with Gasteiger partial charge in [-0.15, -0.1) is 0 Å². The fourth-order valence-electron chi connectivity index (χ4n) is 1.81. The first kappa shape index (κ1) is 12.5. The molecule has 0 saturated carbocycles. The van der Waals surface area contributed by atoms with Gasteiger partial charge in [-0.2, -0.15) is 0 Å². The Morgan fingerprint density at radius 2 is 2.13 bits per heavy atom. The summed E-state index contributed by atoms with van der Waals surface area (Å²) in [6.07, 6.45) is 4.10. The summed E-state index contributed by atoms with van der Waals surface area (Å²) >= 11 is 0. The Balaban J connectivity index is 2.44. The first-order valence-electron chi connectivity index (χ1n) is 6.08. The molecule has 0 aromatic carbocycles. The van der Waals surface area contributed by atoms with Gasteiger partial charge in [0.2, 0.25) is 5.91 Å². The van der Waals surface area contributed by atoms with Gasteiger partial charge in [0.15, 0.2) is 0 Å². The minimum atomic E-state index is -0.0587. The Kier molecular flexibility index (Phi) is 4.58. The molecule has 0 aliphatic carbocycles.